The molecule has 2 N–H and O–H groups in total. The molecule has 0 unspecified atom stereocenters. The number of amides is 1. The summed E-state index contributed by atoms with van der Waals surface area (Å²) in [6.07, 6.45) is 4.75. The molecule has 0 aliphatic heterocycles. The number of carbonyl (C=O) groups is 2. The zero-order chi connectivity index (χ0) is 17.4. The molecule has 0 saturated heterocycles. The highest BCUT2D eigenvalue weighted by Crippen LogP contribution is 2.48. The lowest BCUT2D eigenvalue weighted by Crippen LogP contribution is -2.41. The normalized spacial score (nSPS) is 29.0. The maximum atomic E-state index is 12.7. The molecule has 1 amide bonds. The zero-order valence-corrected chi connectivity index (χ0v) is 14.4. The van der Waals surface area contributed by atoms with Gasteiger partial charge in [-0.3, -0.25) is 9.59 Å². The lowest BCUT2D eigenvalue weighted by Gasteiger charge is -2.26. The number of benzene rings is 1. The summed E-state index contributed by atoms with van der Waals surface area (Å²) < 4.78 is 0. The summed E-state index contributed by atoms with van der Waals surface area (Å²) in [4.78, 5) is 24.3. The number of hydrogen-bond acceptors (Lipinski definition) is 2. The van der Waals surface area contributed by atoms with Gasteiger partial charge >= 0.3 is 5.97 Å². The number of carboxylic acid groups (broad SMARTS) is 1. The Kier molecular flexibility index (Phi) is 4.48. The highest BCUT2D eigenvalue weighted by atomic mass is 16.4. The fourth-order valence-electron chi connectivity index (χ4n) is 4.08. The van der Waals surface area contributed by atoms with E-state index in [0.29, 0.717) is 5.92 Å². The zero-order valence-electron chi connectivity index (χ0n) is 14.4. The molecule has 1 aromatic carbocycles. The van der Waals surface area contributed by atoms with Gasteiger partial charge < -0.3 is 10.4 Å². The summed E-state index contributed by atoms with van der Waals surface area (Å²) in [5.41, 5.74) is 2.31. The average molecular weight is 327 g/mol. The van der Waals surface area contributed by atoms with Crippen LogP contribution in [0.15, 0.2) is 36.4 Å². The fraction of sp³-hybridized carbons (Fsp3) is 0.500. The Morgan fingerprint density at radius 2 is 1.54 bits per heavy atom. The smallest absolute Gasteiger partial charge is 0.307 e. The van der Waals surface area contributed by atoms with Crippen LogP contribution in [0.5, 0.6) is 0 Å². The van der Waals surface area contributed by atoms with E-state index in [4.69, 9.17) is 0 Å². The van der Waals surface area contributed by atoms with Crippen LogP contribution in [0.3, 0.4) is 0 Å². The monoisotopic (exact) mass is 327 g/mol. The second kappa shape index (κ2) is 6.42. The van der Waals surface area contributed by atoms with E-state index in [0.717, 1.165) is 12.0 Å². The van der Waals surface area contributed by atoms with E-state index in [1.54, 1.807) is 0 Å². The molecular formula is C20H25NO3. The van der Waals surface area contributed by atoms with Crippen molar-refractivity contribution in [1.82, 2.24) is 5.32 Å². The van der Waals surface area contributed by atoms with Crippen molar-refractivity contribution in [3.05, 3.63) is 47.5 Å². The molecule has 4 nitrogen and oxygen atoms in total. The summed E-state index contributed by atoms with van der Waals surface area (Å²) in [7, 11) is 0. The van der Waals surface area contributed by atoms with Crippen LogP contribution >= 0.6 is 0 Å². The molecule has 1 aromatic rings. The first kappa shape index (κ1) is 16.7. The first-order valence-corrected chi connectivity index (χ1v) is 8.70. The third-order valence-corrected chi connectivity index (χ3v) is 5.51. The van der Waals surface area contributed by atoms with E-state index >= 15 is 0 Å². The highest BCUT2D eigenvalue weighted by molar-refractivity contribution is 5.87. The van der Waals surface area contributed by atoms with E-state index in [1.165, 1.54) is 5.56 Å². The van der Waals surface area contributed by atoms with E-state index in [1.807, 2.05) is 31.2 Å². The molecule has 3 rings (SSSR count). The molecule has 2 bridgehead atoms. The van der Waals surface area contributed by atoms with Crippen molar-refractivity contribution in [2.45, 2.75) is 39.2 Å². The van der Waals surface area contributed by atoms with Crippen molar-refractivity contribution in [2.75, 3.05) is 0 Å². The standard InChI is InChI=1S/C20H25NO3/c1-11(2)13-4-6-14(7-5-13)12(3)21-19(22)17-15-8-9-16(10-15)18(17)20(23)24/h4-9,11-12,15-18H,10H2,1-3H3,(H,21,22)(H,23,24)/t12-,15-,16-,17-,18-/m0/s1. The SMILES string of the molecule is CC(C)c1ccc([C@H](C)NC(=O)[C@@H]2[C@@H](C(=O)O)[C@H]3C=C[C@H]2C3)cc1. The molecule has 2 aliphatic rings. The van der Waals surface area contributed by atoms with Crippen molar-refractivity contribution in [2.24, 2.45) is 23.7 Å². The maximum absolute atomic E-state index is 12.7. The van der Waals surface area contributed by atoms with Crippen LogP contribution in [-0.2, 0) is 9.59 Å². The van der Waals surface area contributed by atoms with Crippen molar-refractivity contribution >= 4 is 11.9 Å². The minimum atomic E-state index is -0.860. The van der Waals surface area contributed by atoms with E-state index in [2.05, 4.69) is 31.3 Å². The molecule has 24 heavy (non-hydrogen) atoms. The molecule has 0 heterocycles. The number of carbonyl (C=O) groups excluding carboxylic acids is 1. The fourth-order valence-corrected chi connectivity index (χ4v) is 4.08. The Hall–Kier alpha value is -2.10. The Bertz CT molecular complexity index is 662. The van der Waals surface area contributed by atoms with Crippen molar-refractivity contribution in [1.29, 1.82) is 0 Å². The summed E-state index contributed by atoms with van der Waals surface area (Å²) in [6.45, 7) is 6.24. The lowest BCUT2D eigenvalue weighted by atomic mass is 9.82. The minimum absolute atomic E-state index is 0.00359. The lowest BCUT2D eigenvalue weighted by molar-refractivity contribution is -0.148. The largest absolute Gasteiger partial charge is 0.481 e. The summed E-state index contributed by atoms with van der Waals surface area (Å²) in [6, 6.07) is 8.12. The number of fused-ring (bicyclic) bond motifs is 2. The van der Waals surface area contributed by atoms with Gasteiger partial charge in [-0.1, -0.05) is 50.3 Å². The molecule has 0 radical (unpaired) electrons. The van der Waals surface area contributed by atoms with Crippen LogP contribution in [-0.4, -0.2) is 17.0 Å². The molecule has 0 aromatic heterocycles. The van der Waals surface area contributed by atoms with Crippen LogP contribution in [0.25, 0.3) is 0 Å². The highest BCUT2D eigenvalue weighted by Gasteiger charge is 2.51. The molecule has 0 spiro atoms. The van der Waals surface area contributed by atoms with Gasteiger partial charge in [0.2, 0.25) is 5.91 Å². The third-order valence-electron chi connectivity index (χ3n) is 5.51. The molecule has 1 fully saturated rings. The van der Waals surface area contributed by atoms with Gasteiger partial charge in [-0.15, -0.1) is 0 Å². The number of rotatable bonds is 5. The Labute approximate surface area is 143 Å². The Morgan fingerprint density at radius 1 is 1.00 bits per heavy atom. The summed E-state index contributed by atoms with van der Waals surface area (Å²) in [5, 5.41) is 12.5. The third kappa shape index (κ3) is 2.97. The molecular weight excluding hydrogens is 302 g/mol. The number of allylic oxidation sites excluding steroid dienone is 2. The van der Waals surface area contributed by atoms with Gasteiger partial charge in [0.25, 0.3) is 0 Å². The molecule has 4 heteroatoms. The Morgan fingerprint density at radius 3 is 2.08 bits per heavy atom. The van der Waals surface area contributed by atoms with Gasteiger partial charge in [-0.05, 0) is 42.2 Å². The minimum Gasteiger partial charge on any atom is -0.481 e. The number of carboxylic acids is 1. The van der Waals surface area contributed by atoms with Gasteiger partial charge in [0, 0.05) is 0 Å². The van der Waals surface area contributed by atoms with Gasteiger partial charge in [-0.25, -0.2) is 0 Å². The van der Waals surface area contributed by atoms with Crippen molar-refractivity contribution in [3.63, 3.8) is 0 Å². The average Bonchev–Trinajstić information content (AvgIpc) is 3.15. The van der Waals surface area contributed by atoms with Gasteiger partial charge in [0.05, 0.1) is 17.9 Å². The van der Waals surface area contributed by atoms with E-state index in [-0.39, 0.29) is 23.8 Å². The van der Waals surface area contributed by atoms with Crippen LogP contribution in [0.1, 0.15) is 50.3 Å². The predicted octanol–water partition coefficient (Wildman–Crippen LogP) is 3.51. The van der Waals surface area contributed by atoms with E-state index in [9.17, 15) is 14.7 Å². The van der Waals surface area contributed by atoms with Gasteiger partial charge in [0.1, 0.15) is 0 Å². The molecule has 128 valence electrons. The van der Waals surface area contributed by atoms with Gasteiger partial charge in [-0.2, -0.15) is 0 Å². The second-order valence-electron chi connectivity index (χ2n) is 7.39. The van der Waals surface area contributed by atoms with Crippen molar-refractivity contribution < 1.29 is 14.7 Å². The number of hydrogen-bond donors (Lipinski definition) is 2. The first-order chi connectivity index (χ1) is 11.4. The predicted molar refractivity (Wildman–Crippen MR) is 92.4 cm³/mol. The summed E-state index contributed by atoms with van der Waals surface area (Å²) >= 11 is 0. The van der Waals surface area contributed by atoms with Crippen LogP contribution < -0.4 is 5.32 Å². The van der Waals surface area contributed by atoms with Crippen LogP contribution in [0.4, 0.5) is 0 Å². The van der Waals surface area contributed by atoms with Crippen LogP contribution in [0.2, 0.25) is 0 Å². The molecule has 5 atom stereocenters. The summed E-state index contributed by atoms with van der Waals surface area (Å²) in [5.74, 6) is -1.50. The van der Waals surface area contributed by atoms with Crippen LogP contribution in [0, 0.1) is 23.7 Å². The molecule has 1 saturated carbocycles. The quantitative estimate of drug-likeness (QED) is 0.813. The topological polar surface area (TPSA) is 66.4 Å². The molecule has 2 aliphatic carbocycles. The first-order valence-electron chi connectivity index (χ1n) is 8.70. The van der Waals surface area contributed by atoms with Gasteiger partial charge in [0.15, 0.2) is 0 Å². The van der Waals surface area contributed by atoms with Crippen molar-refractivity contribution in [3.8, 4) is 0 Å². The number of aliphatic carboxylic acids is 1. The van der Waals surface area contributed by atoms with E-state index < -0.39 is 17.8 Å². The number of nitrogens with one attached hydrogen (secondary N) is 1. The Balaban J connectivity index is 1.70. The second-order valence-corrected chi connectivity index (χ2v) is 7.39. The maximum Gasteiger partial charge on any atom is 0.307 e.